The first-order valence-corrected chi connectivity index (χ1v) is 6.85. The van der Waals surface area contributed by atoms with Crippen LogP contribution in [0, 0.1) is 5.92 Å². The summed E-state index contributed by atoms with van der Waals surface area (Å²) in [7, 11) is 0. The molecule has 0 amide bonds. The molecule has 1 heterocycles. The molecule has 108 valence electrons. The number of aromatic carboxylic acids is 1. The zero-order valence-corrected chi connectivity index (χ0v) is 11.6. The van der Waals surface area contributed by atoms with Gasteiger partial charge >= 0.3 is 5.97 Å². The first kappa shape index (κ1) is 13.4. The van der Waals surface area contributed by atoms with Gasteiger partial charge < -0.3 is 9.52 Å². The van der Waals surface area contributed by atoms with E-state index in [2.05, 4.69) is 17.5 Å². The molecule has 0 bridgehead atoms. The van der Waals surface area contributed by atoms with Crippen LogP contribution in [-0.2, 0) is 0 Å². The largest absolute Gasteiger partial charge is 0.478 e. The maximum Gasteiger partial charge on any atom is 0.335 e. The van der Waals surface area contributed by atoms with Crippen molar-refractivity contribution in [3.05, 3.63) is 53.5 Å². The average Bonchev–Trinajstić information content (AvgIpc) is 3.01. The van der Waals surface area contributed by atoms with Gasteiger partial charge in [0.2, 0.25) is 0 Å². The molecule has 0 unspecified atom stereocenters. The van der Waals surface area contributed by atoms with E-state index in [1.54, 1.807) is 18.3 Å². The van der Waals surface area contributed by atoms with Gasteiger partial charge in [0.15, 0.2) is 0 Å². The highest BCUT2D eigenvalue weighted by molar-refractivity contribution is 5.88. The molecule has 2 atom stereocenters. The van der Waals surface area contributed by atoms with Crippen LogP contribution in [0.4, 0.5) is 5.69 Å². The lowest BCUT2D eigenvalue weighted by Crippen LogP contribution is -1.96. The van der Waals surface area contributed by atoms with Crippen LogP contribution < -0.4 is 5.43 Å². The van der Waals surface area contributed by atoms with Gasteiger partial charge in [-0.1, -0.05) is 6.92 Å². The van der Waals surface area contributed by atoms with E-state index in [1.165, 1.54) is 18.6 Å². The number of carbonyl (C=O) groups is 1. The van der Waals surface area contributed by atoms with Gasteiger partial charge in [0.05, 0.1) is 17.5 Å². The molecule has 5 nitrogen and oxygen atoms in total. The molecule has 2 N–H and O–H groups in total. The lowest BCUT2D eigenvalue weighted by atomic mass is 10.2. The van der Waals surface area contributed by atoms with Crippen LogP contribution >= 0.6 is 0 Å². The van der Waals surface area contributed by atoms with Crippen molar-refractivity contribution in [2.75, 3.05) is 5.43 Å². The van der Waals surface area contributed by atoms with Crippen molar-refractivity contribution in [1.82, 2.24) is 0 Å². The summed E-state index contributed by atoms with van der Waals surface area (Å²) in [6.07, 6.45) is 2.81. The Kier molecular flexibility index (Phi) is 3.48. The first-order valence-electron chi connectivity index (χ1n) is 6.85. The highest BCUT2D eigenvalue weighted by Crippen LogP contribution is 2.47. The van der Waals surface area contributed by atoms with E-state index in [0.717, 1.165) is 11.4 Å². The Morgan fingerprint density at radius 3 is 2.67 bits per heavy atom. The lowest BCUT2D eigenvalue weighted by Gasteiger charge is -1.99. The van der Waals surface area contributed by atoms with Gasteiger partial charge in [0.25, 0.3) is 0 Å². The fourth-order valence-electron chi connectivity index (χ4n) is 2.21. The van der Waals surface area contributed by atoms with Crippen molar-refractivity contribution in [2.24, 2.45) is 11.0 Å². The normalized spacial score (nSPS) is 20.6. The van der Waals surface area contributed by atoms with Gasteiger partial charge in [-0.05, 0) is 48.7 Å². The number of hydrogen-bond donors (Lipinski definition) is 2. The summed E-state index contributed by atoms with van der Waals surface area (Å²) in [6, 6.07) is 10.3. The van der Waals surface area contributed by atoms with Crippen molar-refractivity contribution >= 4 is 17.9 Å². The average molecular weight is 284 g/mol. The van der Waals surface area contributed by atoms with Crippen LogP contribution in [0.5, 0.6) is 0 Å². The summed E-state index contributed by atoms with van der Waals surface area (Å²) in [6.45, 7) is 2.21. The van der Waals surface area contributed by atoms with Crippen molar-refractivity contribution in [3.63, 3.8) is 0 Å². The molecule has 3 rings (SSSR count). The predicted molar refractivity (Wildman–Crippen MR) is 79.8 cm³/mol. The lowest BCUT2D eigenvalue weighted by molar-refractivity contribution is 0.0697. The number of nitrogens with zero attached hydrogens (tertiary/aromatic N) is 1. The number of furan rings is 1. The fourth-order valence-corrected chi connectivity index (χ4v) is 2.21. The van der Waals surface area contributed by atoms with Gasteiger partial charge in [-0.2, -0.15) is 5.10 Å². The molecule has 21 heavy (non-hydrogen) atoms. The maximum atomic E-state index is 10.7. The maximum absolute atomic E-state index is 10.7. The molecule has 1 saturated carbocycles. The second-order valence-corrected chi connectivity index (χ2v) is 5.31. The summed E-state index contributed by atoms with van der Waals surface area (Å²) in [5.74, 6) is 2.06. The molecule has 2 aromatic rings. The minimum atomic E-state index is -0.942. The smallest absolute Gasteiger partial charge is 0.335 e. The number of anilines is 1. The van der Waals surface area contributed by atoms with Gasteiger partial charge in [-0.25, -0.2) is 4.79 Å². The molecule has 5 heteroatoms. The third-order valence-electron chi connectivity index (χ3n) is 3.64. The van der Waals surface area contributed by atoms with Crippen molar-refractivity contribution in [3.8, 4) is 0 Å². The highest BCUT2D eigenvalue weighted by Gasteiger charge is 2.36. The number of hydrogen-bond acceptors (Lipinski definition) is 4. The van der Waals surface area contributed by atoms with Crippen LogP contribution in [0.3, 0.4) is 0 Å². The van der Waals surface area contributed by atoms with Crippen LogP contribution in [-0.4, -0.2) is 17.3 Å². The summed E-state index contributed by atoms with van der Waals surface area (Å²) in [5, 5.41) is 12.9. The quantitative estimate of drug-likeness (QED) is 0.650. The van der Waals surface area contributed by atoms with Crippen molar-refractivity contribution in [1.29, 1.82) is 0 Å². The molecule has 1 fully saturated rings. The van der Waals surface area contributed by atoms with Crippen LogP contribution in [0.1, 0.15) is 41.1 Å². The Balaban J connectivity index is 1.59. The standard InChI is InChI=1S/C16H16N2O3/c1-10-8-14(10)15-7-6-13(21-15)9-17-18-12-4-2-11(3-5-12)16(19)20/h2-7,9-10,14,18H,8H2,1H3,(H,19,20)/b17-9-/t10-,14+/m0/s1. The summed E-state index contributed by atoms with van der Waals surface area (Å²) in [4.78, 5) is 10.7. The molecular weight excluding hydrogens is 268 g/mol. The number of benzene rings is 1. The van der Waals surface area contributed by atoms with E-state index in [9.17, 15) is 4.79 Å². The topological polar surface area (TPSA) is 74.8 Å². The van der Waals surface area contributed by atoms with E-state index in [4.69, 9.17) is 9.52 Å². The summed E-state index contributed by atoms with van der Waals surface area (Å²) in [5.41, 5.74) is 3.81. The Hall–Kier alpha value is -2.56. The van der Waals surface area contributed by atoms with E-state index >= 15 is 0 Å². The number of hydrazone groups is 1. The Morgan fingerprint density at radius 2 is 2.05 bits per heavy atom. The summed E-state index contributed by atoms with van der Waals surface area (Å²) >= 11 is 0. The molecule has 0 spiro atoms. The Labute approximate surface area is 122 Å². The van der Waals surface area contributed by atoms with Crippen LogP contribution in [0.2, 0.25) is 0 Å². The molecule has 1 aliphatic carbocycles. The van der Waals surface area contributed by atoms with Gasteiger partial charge in [-0.3, -0.25) is 5.43 Å². The predicted octanol–water partition coefficient (Wildman–Crippen LogP) is 3.55. The van der Waals surface area contributed by atoms with E-state index in [0.29, 0.717) is 17.6 Å². The third-order valence-corrected chi connectivity index (χ3v) is 3.64. The van der Waals surface area contributed by atoms with Crippen LogP contribution in [0.15, 0.2) is 45.9 Å². The SMILES string of the molecule is C[C@H]1C[C@H]1c1ccc(/C=N\Nc2ccc(C(=O)O)cc2)o1. The molecule has 0 radical (unpaired) electrons. The summed E-state index contributed by atoms with van der Waals surface area (Å²) < 4.78 is 5.70. The molecule has 0 aliphatic heterocycles. The highest BCUT2D eigenvalue weighted by atomic mass is 16.4. The van der Waals surface area contributed by atoms with E-state index in [-0.39, 0.29) is 5.56 Å². The van der Waals surface area contributed by atoms with Crippen LogP contribution in [0.25, 0.3) is 0 Å². The minimum Gasteiger partial charge on any atom is -0.478 e. The zero-order valence-electron chi connectivity index (χ0n) is 11.6. The second-order valence-electron chi connectivity index (χ2n) is 5.31. The van der Waals surface area contributed by atoms with Gasteiger partial charge in [0.1, 0.15) is 11.5 Å². The molecule has 0 saturated heterocycles. The number of nitrogens with one attached hydrogen (secondary N) is 1. The minimum absolute atomic E-state index is 0.249. The number of carboxylic acids is 1. The molecule has 1 aromatic carbocycles. The fraction of sp³-hybridized carbons (Fsp3) is 0.250. The molecule has 1 aliphatic rings. The van der Waals surface area contributed by atoms with E-state index in [1.807, 2.05) is 12.1 Å². The number of carboxylic acid groups (broad SMARTS) is 1. The second kappa shape index (κ2) is 5.44. The van der Waals surface area contributed by atoms with Gasteiger partial charge in [-0.15, -0.1) is 0 Å². The monoisotopic (exact) mass is 284 g/mol. The number of rotatable bonds is 5. The Morgan fingerprint density at radius 1 is 1.33 bits per heavy atom. The van der Waals surface area contributed by atoms with Gasteiger partial charge in [0, 0.05) is 5.92 Å². The third kappa shape index (κ3) is 3.13. The first-order chi connectivity index (χ1) is 10.1. The zero-order chi connectivity index (χ0) is 14.8. The molecule has 1 aromatic heterocycles. The Bertz CT molecular complexity index is 673. The van der Waals surface area contributed by atoms with Crippen molar-refractivity contribution < 1.29 is 14.3 Å². The van der Waals surface area contributed by atoms with E-state index < -0.39 is 5.97 Å². The molecular formula is C16H16N2O3. The van der Waals surface area contributed by atoms with Crippen molar-refractivity contribution in [2.45, 2.75) is 19.3 Å².